The zero-order valence-corrected chi connectivity index (χ0v) is 22.6. The predicted octanol–water partition coefficient (Wildman–Crippen LogP) is 2.55. The van der Waals surface area contributed by atoms with Crippen LogP contribution in [0, 0.1) is 16.5 Å². The molecule has 1 aromatic carbocycles. The number of aromatic nitrogens is 1. The Labute approximate surface area is 232 Å². The molecule has 0 radical (unpaired) electrons. The van der Waals surface area contributed by atoms with E-state index in [2.05, 4.69) is 28.4 Å². The highest BCUT2D eigenvalue weighted by Gasteiger charge is 2.45. The number of fused-ring (bicyclic) bond motifs is 1. The van der Waals surface area contributed by atoms with Gasteiger partial charge in [0.2, 0.25) is 17.5 Å². The standard InChI is InChI=1S/C27H32Cl2N6O3/c28-22-11-10-21(35(38)25(22)29)16-32-26(36)23(7-4-13-30)33-14-12-20(9-8-18-5-2-1-3-6-18)34-17-19(31)15-24(34)27(33)37/h1-3,5-6,10-11,19-20,23-24H,4,7-9,12,14-17,31H2,(H,32,36)/t19-,20?,23-,24+/m1/s1. The van der Waals surface area contributed by atoms with Crippen LogP contribution in [0.2, 0.25) is 10.2 Å². The lowest BCUT2D eigenvalue weighted by Gasteiger charge is -2.32. The van der Waals surface area contributed by atoms with Crippen molar-refractivity contribution in [1.29, 1.82) is 5.26 Å². The van der Waals surface area contributed by atoms with Crippen molar-refractivity contribution in [3.63, 3.8) is 0 Å². The number of halogens is 2. The molecule has 2 saturated heterocycles. The minimum atomic E-state index is -0.837. The van der Waals surface area contributed by atoms with Crippen LogP contribution in [0.4, 0.5) is 0 Å². The van der Waals surface area contributed by atoms with Crippen molar-refractivity contribution >= 4 is 35.0 Å². The first-order valence-electron chi connectivity index (χ1n) is 12.9. The molecular formula is C27H32Cl2N6O3. The molecule has 0 bridgehead atoms. The monoisotopic (exact) mass is 558 g/mol. The van der Waals surface area contributed by atoms with Crippen LogP contribution in [-0.2, 0) is 22.6 Å². The first-order valence-corrected chi connectivity index (χ1v) is 13.6. The average molecular weight is 559 g/mol. The predicted molar refractivity (Wildman–Crippen MR) is 144 cm³/mol. The molecule has 4 rings (SSSR count). The molecule has 2 aromatic rings. The van der Waals surface area contributed by atoms with Gasteiger partial charge in [-0.1, -0.05) is 41.9 Å². The van der Waals surface area contributed by atoms with Gasteiger partial charge in [0, 0.05) is 37.7 Å². The number of amides is 2. The van der Waals surface area contributed by atoms with E-state index in [0.717, 1.165) is 12.8 Å². The van der Waals surface area contributed by atoms with E-state index in [4.69, 9.17) is 28.9 Å². The Hall–Kier alpha value is -2.90. The van der Waals surface area contributed by atoms with E-state index < -0.39 is 18.0 Å². The Morgan fingerprint density at radius 3 is 2.76 bits per heavy atom. The fourth-order valence-corrected chi connectivity index (χ4v) is 5.79. The van der Waals surface area contributed by atoms with Gasteiger partial charge in [0.15, 0.2) is 0 Å². The second-order valence-electron chi connectivity index (χ2n) is 9.89. The van der Waals surface area contributed by atoms with Gasteiger partial charge >= 0.3 is 5.15 Å². The molecule has 3 heterocycles. The maximum absolute atomic E-state index is 13.8. The molecule has 0 spiro atoms. The van der Waals surface area contributed by atoms with Gasteiger partial charge in [-0.15, -0.1) is 0 Å². The summed E-state index contributed by atoms with van der Waals surface area (Å²) in [5, 5.41) is 24.3. The summed E-state index contributed by atoms with van der Waals surface area (Å²) in [6.07, 6.45) is 3.30. The maximum atomic E-state index is 13.8. The quantitative estimate of drug-likeness (QED) is 0.276. The van der Waals surface area contributed by atoms with E-state index in [1.165, 1.54) is 17.7 Å². The number of benzene rings is 1. The lowest BCUT2D eigenvalue weighted by Crippen LogP contribution is -2.53. The third-order valence-electron chi connectivity index (χ3n) is 7.43. The smallest absolute Gasteiger partial charge is 0.305 e. The van der Waals surface area contributed by atoms with Crippen LogP contribution in [-0.4, -0.2) is 58.9 Å². The van der Waals surface area contributed by atoms with Crippen LogP contribution in [0.1, 0.15) is 43.4 Å². The Balaban J connectivity index is 1.51. The van der Waals surface area contributed by atoms with E-state index in [0.29, 0.717) is 30.7 Å². The van der Waals surface area contributed by atoms with Gasteiger partial charge in [-0.05, 0) is 55.3 Å². The molecule has 4 atom stereocenters. The van der Waals surface area contributed by atoms with Crippen molar-refractivity contribution in [1.82, 2.24) is 15.1 Å². The molecule has 0 aliphatic carbocycles. The Bertz CT molecular complexity index is 1190. The number of carbonyl (C=O) groups is 2. The first-order chi connectivity index (χ1) is 18.3. The Morgan fingerprint density at radius 2 is 2.03 bits per heavy atom. The van der Waals surface area contributed by atoms with E-state index in [1.807, 2.05) is 18.2 Å². The molecule has 1 unspecified atom stereocenters. The fourth-order valence-electron chi connectivity index (χ4n) is 5.48. The van der Waals surface area contributed by atoms with Gasteiger partial charge in [0.25, 0.3) is 0 Å². The summed E-state index contributed by atoms with van der Waals surface area (Å²) in [6.45, 7) is 0.947. The molecule has 1 aromatic heterocycles. The molecule has 3 N–H and O–H groups in total. The van der Waals surface area contributed by atoms with E-state index >= 15 is 0 Å². The van der Waals surface area contributed by atoms with Crippen LogP contribution >= 0.6 is 23.2 Å². The molecule has 38 heavy (non-hydrogen) atoms. The number of rotatable bonds is 9. The van der Waals surface area contributed by atoms with Crippen molar-refractivity contribution in [3.05, 3.63) is 69.1 Å². The number of nitrogens with two attached hydrogens (primary N) is 1. The topological polar surface area (TPSA) is 129 Å². The summed E-state index contributed by atoms with van der Waals surface area (Å²) in [5.41, 5.74) is 7.75. The van der Waals surface area contributed by atoms with Crippen LogP contribution in [0.15, 0.2) is 42.5 Å². The third-order valence-corrected chi connectivity index (χ3v) is 8.19. The number of hydrogen-bond donors (Lipinski definition) is 2. The number of hydrogen-bond acceptors (Lipinski definition) is 6. The summed E-state index contributed by atoms with van der Waals surface area (Å²) >= 11 is 11.8. The van der Waals surface area contributed by atoms with Crippen molar-refractivity contribution < 1.29 is 14.3 Å². The molecule has 2 aliphatic rings. The summed E-state index contributed by atoms with van der Waals surface area (Å²) in [6, 6.07) is 14.1. The van der Waals surface area contributed by atoms with Gasteiger partial charge < -0.3 is 21.2 Å². The largest absolute Gasteiger partial charge is 0.617 e. The zero-order valence-electron chi connectivity index (χ0n) is 21.1. The van der Waals surface area contributed by atoms with E-state index in [1.54, 1.807) is 4.90 Å². The van der Waals surface area contributed by atoms with Crippen LogP contribution in [0.3, 0.4) is 0 Å². The molecular weight excluding hydrogens is 527 g/mol. The normalized spacial score (nSPS) is 22.4. The van der Waals surface area contributed by atoms with Crippen molar-refractivity contribution in [2.75, 3.05) is 13.1 Å². The number of pyridine rings is 1. The number of aryl methyl sites for hydroxylation is 1. The highest BCUT2D eigenvalue weighted by atomic mass is 35.5. The second-order valence-corrected chi connectivity index (χ2v) is 10.7. The van der Waals surface area contributed by atoms with Gasteiger partial charge in [-0.3, -0.25) is 14.5 Å². The maximum Gasteiger partial charge on any atom is 0.305 e. The van der Waals surface area contributed by atoms with Crippen molar-refractivity contribution in [2.24, 2.45) is 5.73 Å². The SMILES string of the molecule is N#CCC[C@H](C(=O)NCc1ccc(Cl)c(Cl)[n+]1[O-])N1CCC(CCc2ccccc2)N2C[C@H](N)C[C@H]2C1=O. The zero-order chi connectivity index (χ0) is 27.2. The summed E-state index contributed by atoms with van der Waals surface area (Å²) in [4.78, 5) is 31.0. The molecule has 202 valence electrons. The van der Waals surface area contributed by atoms with Crippen LogP contribution in [0.5, 0.6) is 0 Å². The summed E-state index contributed by atoms with van der Waals surface area (Å²) in [7, 11) is 0. The number of carbonyl (C=O) groups excluding carboxylic acids is 2. The molecule has 2 aliphatic heterocycles. The molecule has 2 amide bonds. The van der Waals surface area contributed by atoms with Gasteiger partial charge in [-0.2, -0.15) is 9.99 Å². The fraction of sp³-hybridized carbons (Fsp3) is 0.481. The van der Waals surface area contributed by atoms with Crippen molar-refractivity contribution in [3.8, 4) is 6.07 Å². The number of nitrogens with one attached hydrogen (secondary N) is 1. The van der Waals surface area contributed by atoms with Gasteiger partial charge in [0.05, 0.1) is 12.1 Å². The van der Waals surface area contributed by atoms with Gasteiger partial charge in [0.1, 0.15) is 17.6 Å². The number of nitriles is 1. The molecule has 0 saturated carbocycles. The highest BCUT2D eigenvalue weighted by Crippen LogP contribution is 2.30. The Kier molecular flexibility index (Phi) is 9.44. The lowest BCUT2D eigenvalue weighted by atomic mass is 10.0. The molecule has 9 nitrogen and oxygen atoms in total. The summed E-state index contributed by atoms with van der Waals surface area (Å²) in [5.74, 6) is -0.553. The minimum Gasteiger partial charge on any atom is -0.617 e. The van der Waals surface area contributed by atoms with Crippen LogP contribution < -0.4 is 15.8 Å². The lowest BCUT2D eigenvalue weighted by molar-refractivity contribution is -0.611. The minimum absolute atomic E-state index is 0.0928. The first kappa shape index (κ1) is 28.1. The van der Waals surface area contributed by atoms with E-state index in [-0.39, 0.29) is 53.2 Å². The van der Waals surface area contributed by atoms with E-state index in [9.17, 15) is 20.1 Å². The number of nitrogens with zero attached hydrogens (tertiary/aromatic N) is 4. The van der Waals surface area contributed by atoms with Crippen LogP contribution in [0.25, 0.3) is 0 Å². The second kappa shape index (κ2) is 12.8. The Morgan fingerprint density at radius 1 is 1.26 bits per heavy atom. The van der Waals surface area contributed by atoms with Crippen molar-refractivity contribution in [2.45, 2.75) is 69.2 Å². The molecule has 2 fully saturated rings. The third kappa shape index (κ3) is 6.38. The van der Waals surface area contributed by atoms with Gasteiger partial charge in [-0.25, -0.2) is 0 Å². The molecule has 11 heteroatoms. The highest BCUT2D eigenvalue weighted by molar-refractivity contribution is 6.40. The summed E-state index contributed by atoms with van der Waals surface area (Å²) < 4.78 is 0.459. The average Bonchev–Trinajstić information content (AvgIpc) is 3.26.